The van der Waals surface area contributed by atoms with Crippen molar-refractivity contribution < 1.29 is 9.90 Å². The molecule has 1 aromatic heterocycles. The maximum Gasteiger partial charge on any atom is 0.226 e. The number of rotatable bonds is 8. The first-order valence-corrected chi connectivity index (χ1v) is 8.00. The van der Waals surface area contributed by atoms with Crippen LogP contribution in [0.25, 0.3) is 0 Å². The molecule has 0 aliphatic carbocycles. The number of amides is 1. The molecule has 124 valence electrons. The van der Waals surface area contributed by atoms with Gasteiger partial charge in [-0.1, -0.05) is 31.9 Å². The van der Waals surface area contributed by atoms with E-state index >= 15 is 0 Å². The molecule has 1 amide bonds. The first kappa shape index (κ1) is 18.9. The van der Waals surface area contributed by atoms with Gasteiger partial charge in [-0.05, 0) is 31.9 Å². The quantitative estimate of drug-likeness (QED) is 0.642. The molecule has 0 fully saturated rings. The molecule has 3 N–H and O–H groups in total. The summed E-state index contributed by atoms with van der Waals surface area (Å²) >= 11 is 5.90. The van der Waals surface area contributed by atoms with E-state index in [0.717, 1.165) is 6.42 Å². The molecular weight excluding hydrogens is 302 g/mol. The number of hydrogen-bond acceptors (Lipinski definition) is 4. The van der Waals surface area contributed by atoms with Crippen LogP contribution in [0.2, 0.25) is 5.15 Å². The summed E-state index contributed by atoms with van der Waals surface area (Å²) < 4.78 is 0. The smallest absolute Gasteiger partial charge is 0.226 e. The van der Waals surface area contributed by atoms with E-state index in [9.17, 15) is 9.90 Å². The maximum absolute atomic E-state index is 12.0. The van der Waals surface area contributed by atoms with Crippen LogP contribution in [0.15, 0.2) is 18.3 Å². The lowest BCUT2D eigenvalue weighted by Gasteiger charge is -2.31. The Bertz CT molecular complexity index is 494. The fourth-order valence-corrected chi connectivity index (χ4v) is 2.19. The molecule has 1 aromatic rings. The molecule has 1 rings (SSSR count). The standard InChI is InChI=1S/C16H26ClN3O2/c1-5-11(2)16(4,22)10-19-12(3)9-14(21)20-13-7-6-8-18-15(13)17/h6-8,11-12,19,22H,5,9-10H2,1-4H3,(H,20,21). The average molecular weight is 328 g/mol. The Labute approximate surface area is 137 Å². The van der Waals surface area contributed by atoms with Crippen molar-refractivity contribution >= 4 is 23.2 Å². The van der Waals surface area contributed by atoms with Gasteiger partial charge in [0.05, 0.1) is 11.3 Å². The molecule has 1 heterocycles. The second kappa shape index (κ2) is 8.46. The summed E-state index contributed by atoms with van der Waals surface area (Å²) in [6.07, 6.45) is 2.77. The van der Waals surface area contributed by atoms with Gasteiger partial charge in [-0.3, -0.25) is 4.79 Å². The van der Waals surface area contributed by atoms with E-state index in [4.69, 9.17) is 11.6 Å². The number of anilines is 1. The van der Waals surface area contributed by atoms with Crippen LogP contribution in [0, 0.1) is 5.92 Å². The van der Waals surface area contributed by atoms with Crippen molar-refractivity contribution in [2.75, 3.05) is 11.9 Å². The Kier molecular flexibility index (Phi) is 7.26. The van der Waals surface area contributed by atoms with E-state index in [0.29, 0.717) is 18.7 Å². The molecule has 6 heteroatoms. The third-order valence-corrected chi connectivity index (χ3v) is 4.31. The van der Waals surface area contributed by atoms with Crippen LogP contribution in [-0.4, -0.2) is 34.2 Å². The Balaban J connectivity index is 2.43. The molecule has 0 radical (unpaired) electrons. The van der Waals surface area contributed by atoms with Crippen LogP contribution >= 0.6 is 11.6 Å². The summed E-state index contributed by atoms with van der Waals surface area (Å²) in [5.41, 5.74) is -0.278. The number of hydrogen-bond donors (Lipinski definition) is 3. The molecule has 22 heavy (non-hydrogen) atoms. The van der Waals surface area contributed by atoms with Gasteiger partial charge < -0.3 is 15.7 Å². The lowest BCUT2D eigenvalue weighted by Crippen LogP contribution is -2.46. The number of halogens is 1. The highest BCUT2D eigenvalue weighted by Crippen LogP contribution is 2.20. The van der Waals surface area contributed by atoms with Crippen molar-refractivity contribution in [3.8, 4) is 0 Å². The third-order valence-electron chi connectivity index (χ3n) is 4.01. The maximum atomic E-state index is 12.0. The van der Waals surface area contributed by atoms with Crippen LogP contribution in [0.3, 0.4) is 0 Å². The molecule has 0 aliphatic heterocycles. The highest BCUT2D eigenvalue weighted by Gasteiger charge is 2.27. The zero-order valence-corrected chi connectivity index (χ0v) is 14.4. The highest BCUT2D eigenvalue weighted by atomic mass is 35.5. The first-order valence-electron chi connectivity index (χ1n) is 7.62. The van der Waals surface area contributed by atoms with E-state index in [1.807, 2.05) is 27.7 Å². The highest BCUT2D eigenvalue weighted by molar-refractivity contribution is 6.32. The predicted molar refractivity (Wildman–Crippen MR) is 90.0 cm³/mol. The number of aromatic nitrogens is 1. The van der Waals surface area contributed by atoms with Gasteiger partial charge in [0, 0.05) is 25.2 Å². The minimum atomic E-state index is -0.786. The van der Waals surface area contributed by atoms with Crippen molar-refractivity contribution in [2.45, 2.75) is 52.2 Å². The Hall–Kier alpha value is -1.17. The van der Waals surface area contributed by atoms with Gasteiger partial charge in [0.15, 0.2) is 5.15 Å². The zero-order chi connectivity index (χ0) is 16.8. The Morgan fingerprint density at radius 2 is 2.18 bits per heavy atom. The summed E-state index contributed by atoms with van der Waals surface area (Å²) in [5.74, 6) is 0.0494. The van der Waals surface area contributed by atoms with Gasteiger partial charge in [0.1, 0.15) is 0 Å². The van der Waals surface area contributed by atoms with Crippen LogP contribution < -0.4 is 10.6 Å². The summed E-state index contributed by atoms with van der Waals surface area (Å²) in [5, 5.41) is 16.6. The fourth-order valence-electron chi connectivity index (χ4n) is 2.03. The lowest BCUT2D eigenvalue weighted by atomic mass is 9.88. The normalized spacial score (nSPS) is 16.6. The molecule has 0 aromatic carbocycles. The van der Waals surface area contributed by atoms with Crippen LogP contribution in [0.5, 0.6) is 0 Å². The summed E-state index contributed by atoms with van der Waals surface area (Å²) in [7, 11) is 0. The van der Waals surface area contributed by atoms with E-state index in [1.165, 1.54) is 0 Å². The third kappa shape index (κ3) is 5.91. The number of carbonyl (C=O) groups is 1. The number of carbonyl (C=O) groups excluding carboxylic acids is 1. The monoisotopic (exact) mass is 327 g/mol. The van der Waals surface area contributed by atoms with Gasteiger partial charge in [-0.15, -0.1) is 0 Å². The minimum absolute atomic E-state index is 0.0500. The van der Waals surface area contributed by atoms with Crippen molar-refractivity contribution in [1.29, 1.82) is 0 Å². The van der Waals surface area contributed by atoms with Crippen molar-refractivity contribution in [3.63, 3.8) is 0 Å². The molecule has 0 bridgehead atoms. The van der Waals surface area contributed by atoms with Gasteiger partial charge in [0.2, 0.25) is 5.91 Å². The lowest BCUT2D eigenvalue weighted by molar-refractivity contribution is -0.116. The number of nitrogens with one attached hydrogen (secondary N) is 2. The second-order valence-corrected chi connectivity index (χ2v) is 6.40. The van der Waals surface area contributed by atoms with Crippen LogP contribution in [0.4, 0.5) is 5.69 Å². The van der Waals surface area contributed by atoms with Gasteiger partial charge in [0.25, 0.3) is 0 Å². The summed E-state index contributed by atoms with van der Waals surface area (Å²) in [6, 6.07) is 3.37. The van der Waals surface area contributed by atoms with E-state index in [1.54, 1.807) is 18.3 Å². The molecule has 0 saturated heterocycles. The van der Waals surface area contributed by atoms with Gasteiger partial charge >= 0.3 is 0 Å². The average Bonchev–Trinajstić information content (AvgIpc) is 2.46. The predicted octanol–water partition coefficient (Wildman–Crippen LogP) is 2.84. The number of pyridine rings is 1. The number of nitrogens with zero attached hydrogens (tertiary/aromatic N) is 1. The van der Waals surface area contributed by atoms with Crippen LogP contribution in [0.1, 0.15) is 40.5 Å². The largest absolute Gasteiger partial charge is 0.389 e. The Morgan fingerprint density at radius 3 is 2.77 bits per heavy atom. The molecule has 3 unspecified atom stereocenters. The minimum Gasteiger partial charge on any atom is -0.389 e. The summed E-state index contributed by atoms with van der Waals surface area (Å²) in [4.78, 5) is 15.9. The van der Waals surface area contributed by atoms with E-state index in [2.05, 4.69) is 15.6 Å². The topological polar surface area (TPSA) is 74.2 Å². The van der Waals surface area contributed by atoms with Crippen molar-refractivity contribution in [1.82, 2.24) is 10.3 Å². The van der Waals surface area contributed by atoms with Crippen molar-refractivity contribution in [2.24, 2.45) is 5.92 Å². The number of aliphatic hydroxyl groups is 1. The zero-order valence-electron chi connectivity index (χ0n) is 13.7. The Morgan fingerprint density at radius 1 is 1.50 bits per heavy atom. The van der Waals surface area contributed by atoms with Gasteiger partial charge in [-0.2, -0.15) is 0 Å². The molecular formula is C16H26ClN3O2. The summed E-state index contributed by atoms with van der Waals surface area (Å²) in [6.45, 7) is 8.24. The molecule has 0 spiro atoms. The van der Waals surface area contributed by atoms with Crippen LogP contribution in [-0.2, 0) is 4.79 Å². The molecule has 3 atom stereocenters. The van der Waals surface area contributed by atoms with Gasteiger partial charge in [-0.25, -0.2) is 4.98 Å². The fraction of sp³-hybridized carbons (Fsp3) is 0.625. The van der Waals surface area contributed by atoms with E-state index in [-0.39, 0.29) is 23.0 Å². The molecule has 0 aliphatic rings. The van der Waals surface area contributed by atoms with Crippen molar-refractivity contribution in [3.05, 3.63) is 23.5 Å². The SMILES string of the molecule is CCC(C)C(C)(O)CNC(C)CC(=O)Nc1cccnc1Cl. The molecule has 0 saturated carbocycles. The second-order valence-electron chi connectivity index (χ2n) is 6.04. The molecule has 5 nitrogen and oxygen atoms in total. The van der Waals surface area contributed by atoms with E-state index < -0.39 is 5.60 Å². The first-order chi connectivity index (χ1) is 10.3.